The van der Waals surface area contributed by atoms with Crippen LogP contribution in [0.2, 0.25) is 0 Å². The molecule has 4 amide bonds. The van der Waals surface area contributed by atoms with Crippen LogP contribution in [0.5, 0.6) is 0 Å². The molecule has 0 radical (unpaired) electrons. The fraction of sp³-hybridized carbons (Fsp3) is 0.905. The van der Waals surface area contributed by atoms with Crippen molar-refractivity contribution >= 4 is 35.6 Å². The number of carboxylic acid groups (broad SMARTS) is 2. The molecule has 6 aliphatic rings. The number of unbranched alkanes of at least 4 members (excludes halogenated alkanes) is 25. The molecule has 0 aromatic heterocycles. The Kier molecular flexibility index (Phi) is 56.0. The van der Waals surface area contributed by atoms with E-state index in [4.69, 9.17) is 56.8 Å². The molecule has 0 aliphatic carbocycles. The van der Waals surface area contributed by atoms with Crippen molar-refractivity contribution in [1.29, 1.82) is 0 Å². The predicted octanol–water partition coefficient (Wildman–Crippen LogP) is -12.5. The van der Waals surface area contributed by atoms with E-state index in [1.807, 2.05) is 0 Å². The average Bonchev–Trinajstić information content (AvgIpc) is 0.736. The number of carboxylic acids is 2. The zero-order valence-electron chi connectivity index (χ0n) is 75.5. The van der Waals surface area contributed by atoms with Crippen molar-refractivity contribution in [3.05, 3.63) is 12.2 Å². The van der Waals surface area contributed by atoms with E-state index in [2.05, 4.69) is 35.1 Å². The predicted molar refractivity (Wildman–Crippen MR) is 435 cm³/mol. The number of hydrogen-bond donors (Lipinski definition) is 23. The molecule has 738 valence electrons. The molecule has 129 heavy (non-hydrogen) atoms. The Balaban J connectivity index is 0.0000174. The number of nitrogens with one attached hydrogen (secondary N) is 4. The van der Waals surface area contributed by atoms with Crippen LogP contribution < -0.4 is 90.6 Å². The van der Waals surface area contributed by atoms with Crippen molar-refractivity contribution in [3.8, 4) is 0 Å². The van der Waals surface area contributed by atoms with Crippen LogP contribution in [0.3, 0.4) is 0 Å². The molecule has 6 aliphatic heterocycles. The molecular formula is C84H146N4Na2O39. The summed E-state index contributed by atoms with van der Waals surface area (Å²) in [5.41, 5.74) is 0. The molecule has 6 fully saturated rings. The molecule has 34 atom stereocenters. The SMILES string of the molecule is CCCCCCCCCCCCCC=C[C@@H](O)[C@H](CO[C@@H]1O[C@H](CO)[C@@H](O[C@@H]2O[C@H](CO)[C@H](O[C@@H]3O[C@H](CO)[C@H](O)[C@H](O[C@@H]4O[C@H](CO)[C@H](O)[C@H](O[C@]5(C(=O)[O-])C[C@H](O)[C@@H](NC(C)=O)[C@H]([C@H](O)[C@H](O)CO)O5)[C@H]4O)[C@H]3NC(C)=O)[C@H](O[C@]3(C(=O)[O-])C[C@H](O)[C@@H](NC(C)=O)[C@H]([C@H](O)[C@H](O)CO)O3)[C@H]2O)[C@H](O)[C@H]1O)NC(=O)CCCCCCCCCCCCCCCCC.[Na+].[Na+]. The van der Waals surface area contributed by atoms with Crippen LogP contribution in [-0.4, -0.2) is 386 Å². The Morgan fingerprint density at radius 2 is 0.775 bits per heavy atom. The van der Waals surface area contributed by atoms with Crippen LogP contribution in [0.4, 0.5) is 0 Å². The standard InChI is InChI=1S/C84H148N4O39.2Na/c1-6-8-10-12-14-16-18-20-21-23-25-27-29-31-33-35-58(103)88-48(49(98)34-32-30-28-26-24-22-19-17-15-13-11-9-7-2)44-116-78-67(109)66(108)70(56(42-93)119-78)121-80-69(111)76(127-84(82(114)115)37-51(100)60(86-46(4)96)74(125-84)63(105)53(102)39-90)71(57(43-94)120-80)122-77-61(87-47(5)97)72(64(106)54(40-91)117-77)123-79-68(110)75(65(107)55(41-92)118-79)126-83(81(112)113)36-50(99)59(85-45(3)95)73(124-83)62(104)52(101)38-89;;/h32,34,48-57,59-80,89-94,98-102,104-111H,6-31,33,35-44H2,1-5H3,(H,85,95)(H,86,96)(H,87,97)(H,88,103)(H,112,113)(H,114,115);;/q;2*+1/p-2/t48-,49+,50-,51-,52+,53+,54+,55+,56+,57+,59+,60+,61+,62+,63+,64-,65-,66+,67+,68+,69+,70+,71-,72+,73+,74+,75-,76+,77-,78+,79-,80-,83-,84-;;/m0../s1. The minimum absolute atomic E-state index is 0. The molecule has 43 nitrogen and oxygen atoms in total. The Bertz CT molecular complexity index is 3220. The van der Waals surface area contributed by atoms with Gasteiger partial charge < -0.3 is 195 Å². The van der Waals surface area contributed by atoms with Crippen molar-refractivity contribution in [2.75, 3.05) is 46.2 Å². The fourth-order valence-electron chi connectivity index (χ4n) is 16.9. The molecule has 0 saturated carbocycles. The van der Waals surface area contributed by atoms with Gasteiger partial charge in [0, 0.05) is 40.0 Å². The number of aliphatic carboxylic acids is 2. The molecule has 6 saturated heterocycles. The van der Waals surface area contributed by atoms with Gasteiger partial charge in [-0.05, 0) is 19.3 Å². The van der Waals surface area contributed by atoms with Gasteiger partial charge in [-0.15, -0.1) is 0 Å². The van der Waals surface area contributed by atoms with Gasteiger partial charge in [0.1, 0.15) is 146 Å². The third-order valence-corrected chi connectivity index (χ3v) is 24.0. The molecule has 45 heteroatoms. The van der Waals surface area contributed by atoms with Gasteiger partial charge in [-0.3, -0.25) is 19.2 Å². The number of hydrogen-bond acceptors (Lipinski definition) is 39. The Hall–Kier alpha value is -2.68. The second-order valence-corrected chi connectivity index (χ2v) is 34.2. The van der Waals surface area contributed by atoms with E-state index >= 15 is 0 Å². The first kappa shape index (κ1) is 119. The maximum Gasteiger partial charge on any atom is 1.00 e. The number of ether oxygens (including phenoxy) is 12. The molecular weight excluding hydrogens is 1730 g/mol. The maximum absolute atomic E-state index is 13.9. The molecule has 6 heterocycles. The third-order valence-electron chi connectivity index (χ3n) is 24.0. The monoisotopic (exact) mass is 1880 g/mol. The first-order valence-corrected chi connectivity index (χ1v) is 45.2. The van der Waals surface area contributed by atoms with Crippen LogP contribution in [0, 0.1) is 0 Å². The van der Waals surface area contributed by atoms with Gasteiger partial charge in [0.05, 0.1) is 82.7 Å². The summed E-state index contributed by atoms with van der Waals surface area (Å²) < 4.78 is 72.0. The van der Waals surface area contributed by atoms with Gasteiger partial charge in [0.25, 0.3) is 0 Å². The molecule has 6 rings (SSSR count). The van der Waals surface area contributed by atoms with Gasteiger partial charge in [0.2, 0.25) is 35.2 Å². The van der Waals surface area contributed by atoms with Crippen molar-refractivity contribution in [1.82, 2.24) is 21.3 Å². The molecule has 23 N–H and O–H groups in total. The van der Waals surface area contributed by atoms with Crippen molar-refractivity contribution in [2.45, 2.75) is 435 Å². The summed E-state index contributed by atoms with van der Waals surface area (Å²) in [5, 5.41) is 252. The number of carbonyl (C=O) groups excluding carboxylic acids is 6. The Morgan fingerprint density at radius 3 is 1.19 bits per heavy atom. The van der Waals surface area contributed by atoms with E-state index in [1.165, 1.54) is 102 Å². The molecule has 0 unspecified atom stereocenters. The Morgan fingerprint density at radius 1 is 0.419 bits per heavy atom. The zero-order valence-corrected chi connectivity index (χ0v) is 79.5. The van der Waals surface area contributed by atoms with Crippen LogP contribution >= 0.6 is 0 Å². The summed E-state index contributed by atoms with van der Waals surface area (Å²) in [6.45, 7) is -0.992. The Labute approximate surface area is 796 Å². The zero-order chi connectivity index (χ0) is 93.8. The summed E-state index contributed by atoms with van der Waals surface area (Å²) in [6, 6.07) is -7.03. The number of amides is 4. The van der Waals surface area contributed by atoms with Gasteiger partial charge in [-0.1, -0.05) is 180 Å². The quantitative estimate of drug-likeness (QED) is 0.0153. The first-order valence-electron chi connectivity index (χ1n) is 45.2. The maximum atomic E-state index is 13.9. The third kappa shape index (κ3) is 35.3. The summed E-state index contributed by atoms with van der Waals surface area (Å²) in [6.07, 6.45) is -33.2. The second kappa shape index (κ2) is 60.9. The molecule has 0 spiro atoms. The molecule has 0 aromatic rings. The van der Waals surface area contributed by atoms with E-state index in [0.717, 1.165) is 85.0 Å². The first-order chi connectivity index (χ1) is 60.6. The van der Waals surface area contributed by atoms with E-state index in [-0.39, 0.29) is 65.5 Å². The minimum Gasteiger partial charge on any atom is -0.544 e. The van der Waals surface area contributed by atoms with Crippen LogP contribution in [0.15, 0.2) is 12.2 Å². The average molecular weight is 1880 g/mol. The van der Waals surface area contributed by atoms with Crippen LogP contribution in [0.25, 0.3) is 0 Å². The van der Waals surface area contributed by atoms with E-state index in [1.54, 1.807) is 6.08 Å². The summed E-state index contributed by atoms with van der Waals surface area (Å²) in [4.78, 5) is 79.3. The van der Waals surface area contributed by atoms with Crippen LogP contribution in [-0.2, 0) is 85.6 Å². The van der Waals surface area contributed by atoms with Crippen molar-refractivity contribution in [2.24, 2.45) is 0 Å². The van der Waals surface area contributed by atoms with Gasteiger partial charge >= 0.3 is 59.1 Å². The minimum atomic E-state index is -3.61. The molecule has 0 bridgehead atoms. The number of aliphatic hydroxyl groups is 19. The summed E-state index contributed by atoms with van der Waals surface area (Å²) in [5.74, 6) is -15.3. The van der Waals surface area contributed by atoms with Gasteiger partial charge in [0.15, 0.2) is 25.2 Å². The van der Waals surface area contributed by atoms with E-state index < -0.39 is 302 Å². The van der Waals surface area contributed by atoms with Gasteiger partial charge in [-0.2, -0.15) is 0 Å². The number of allylic oxidation sites excluding steroid dienone is 1. The largest absolute Gasteiger partial charge is 1.00 e. The smallest absolute Gasteiger partial charge is 0.544 e. The topological polar surface area (TPSA) is 692 Å². The van der Waals surface area contributed by atoms with Gasteiger partial charge in [-0.25, -0.2) is 0 Å². The van der Waals surface area contributed by atoms with Crippen molar-refractivity contribution in [3.63, 3.8) is 0 Å². The summed E-state index contributed by atoms with van der Waals surface area (Å²) >= 11 is 0. The number of rotatable bonds is 59. The van der Waals surface area contributed by atoms with Crippen LogP contribution in [0.1, 0.15) is 227 Å². The second-order valence-electron chi connectivity index (χ2n) is 34.2. The number of carbonyl (C=O) groups is 6. The van der Waals surface area contributed by atoms with E-state index in [9.17, 15) is 136 Å². The summed E-state index contributed by atoms with van der Waals surface area (Å²) in [7, 11) is 0. The number of aliphatic hydroxyl groups excluding tert-OH is 19. The molecule has 0 aromatic carbocycles. The van der Waals surface area contributed by atoms with Crippen molar-refractivity contribution < 1.29 is 252 Å². The normalized spacial score (nSPS) is 34.6. The fourth-order valence-corrected chi connectivity index (χ4v) is 16.9. The van der Waals surface area contributed by atoms with E-state index in [0.29, 0.717) is 12.8 Å².